The topological polar surface area (TPSA) is 109 Å². The molecule has 0 atom stereocenters. The van der Waals surface area contributed by atoms with E-state index in [-0.39, 0.29) is 27.9 Å². The molecule has 2 aromatic rings. The molecule has 0 aliphatic carbocycles. The fourth-order valence-electron chi connectivity index (χ4n) is 2.63. The Balaban J connectivity index is 2.02. The number of nitrogens with zero attached hydrogens (tertiary/aromatic N) is 2. The van der Waals surface area contributed by atoms with Crippen molar-refractivity contribution >= 4 is 35.2 Å². The molecule has 0 saturated carbocycles. The molecule has 3 rings (SSSR count). The zero-order valence-corrected chi connectivity index (χ0v) is 16.4. The Bertz CT molecular complexity index is 1060. The normalized spacial score (nSPS) is 14.4. The fraction of sp³-hybridized carbons (Fsp3) is 0.158. The number of rotatable bonds is 6. The standard InChI is InChI=1S/C19H15ClN2O7/c1-26-15-9-17(28-3)16(27-2)7-10(15)6-14-19(23)29-18(21-14)12-5-4-11(22(24)25)8-13(12)20/h4-9H,1-3H3. The molecular formula is C19H15ClN2O7. The zero-order chi connectivity index (χ0) is 21.1. The van der Waals surface area contributed by atoms with Gasteiger partial charge in [-0.3, -0.25) is 10.1 Å². The lowest BCUT2D eigenvalue weighted by Gasteiger charge is -2.12. The van der Waals surface area contributed by atoms with Crippen LogP contribution in [-0.2, 0) is 9.53 Å². The number of hydrogen-bond donors (Lipinski definition) is 0. The molecule has 0 aromatic heterocycles. The van der Waals surface area contributed by atoms with Crippen LogP contribution in [0.25, 0.3) is 6.08 Å². The molecule has 1 heterocycles. The third-order valence-corrected chi connectivity index (χ3v) is 4.36. The Kier molecular flexibility index (Phi) is 5.69. The molecule has 1 aliphatic heterocycles. The number of nitro groups is 1. The number of non-ortho nitro benzene ring substituents is 1. The molecule has 2 aromatic carbocycles. The van der Waals surface area contributed by atoms with E-state index in [0.717, 1.165) is 6.07 Å². The van der Waals surface area contributed by atoms with Gasteiger partial charge in [0.2, 0.25) is 5.90 Å². The number of benzene rings is 2. The van der Waals surface area contributed by atoms with Gasteiger partial charge in [0, 0.05) is 23.8 Å². The highest BCUT2D eigenvalue weighted by molar-refractivity contribution is 6.34. The van der Waals surface area contributed by atoms with Gasteiger partial charge in [-0.2, -0.15) is 0 Å². The van der Waals surface area contributed by atoms with Crippen LogP contribution in [0, 0.1) is 10.1 Å². The SMILES string of the molecule is COc1cc(OC)c(OC)cc1C=C1N=C(c2ccc([N+](=O)[O-])cc2Cl)OC1=O. The summed E-state index contributed by atoms with van der Waals surface area (Å²) < 4.78 is 21.0. The Morgan fingerprint density at radius 1 is 1.07 bits per heavy atom. The number of ether oxygens (including phenoxy) is 4. The van der Waals surface area contributed by atoms with Crippen molar-refractivity contribution in [2.24, 2.45) is 4.99 Å². The van der Waals surface area contributed by atoms with Gasteiger partial charge in [0.05, 0.1) is 36.8 Å². The number of esters is 1. The Morgan fingerprint density at radius 3 is 2.31 bits per heavy atom. The lowest BCUT2D eigenvalue weighted by molar-refractivity contribution is -0.384. The van der Waals surface area contributed by atoms with E-state index in [0.29, 0.717) is 22.8 Å². The zero-order valence-electron chi connectivity index (χ0n) is 15.6. The van der Waals surface area contributed by atoms with E-state index >= 15 is 0 Å². The average Bonchev–Trinajstić information content (AvgIpc) is 3.07. The molecule has 0 bridgehead atoms. The molecule has 9 nitrogen and oxygen atoms in total. The summed E-state index contributed by atoms with van der Waals surface area (Å²) in [6, 6.07) is 7.02. The minimum atomic E-state index is -0.703. The first kappa shape index (κ1) is 20.2. The van der Waals surface area contributed by atoms with Gasteiger partial charge in [0.15, 0.2) is 17.2 Å². The van der Waals surface area contributed by atoms with Crippen molar-refractivity contribution in [3.8, 4) is 17.2 Å². The van der Waals surface area contributed by atoms with Crippen LogP contribution >= 0.6 is 11.6 Å². The van der Waals surface area contributed by atoms with E-state index in [2.05, 4.69) is 4.99 Å². The first-order chi connectivity index (χ1) is 13.9. The quantitative estimate of drug-likeness (QED) is 0.305. The van der Waals surface area contributed by atoms with Crippen LogP contribution in [0.1, 0.15) is 11.1 Å². The van der Waals surface area contributed by atoms with E-state index in [9.17, 15) is 14.9 Å². The van der Waals surface area contributed by atoms with Crippen LogP contribution in [0.15, 0.2) is 41.0 Å². The van der Waals surface area contributed by atoms with E-state index in [4.69, 9.17) is 30.5 Å². The molecule has 0 N–H and O–H groups in total. The molecule has 0 spiro atoms. The molecule has 0 radical (unpaired) electrons. The van der Waals surface area contributed by atoms with Crippen LogP contribution in [-0.4, -0.2) is 38.1 Å². The van der Waals surface area contributed by atoms with Crippen LogP contribution in [0.2, 0.25) is 5.02 Å². The van der Waals surface area contributed by atoms with E-state index in [1.54, 1.807) is 12.1 Å². The molecule has 10 heteroatoms. The summed E-state index contributed by atoms with van der Waals surface area (Å²) in [7, 11) is 4.45. The molecule has 1 aliphatic rings. The van der Waals surface area contributed by atoms with Gasteiger partial charge in [-0.25, -0.2) is 9.79 Å². The van der Waals surface area contributed by atoms with Crippen LogP contribution < -0.4 is 14.2 Å². The van der Waals surface area contributed by atoms with Gasteiger partial charge >= 0.3 is 5.97 Å². The van der Waals surface area contributed by atoms with Crippen molar-refractivity contribution in [1.82, 2.24) is 0 Å². The summed E-state index contributed by atoms with van der Waals surface area (Å²) in [6.45, 7) is 0. The van der Waals surface area contributed by atoms with Gasteiger partial charge in [0.25, 0.3) is 5.69 Å². The lowest BCUT2D eigenvalue weighted by atomic mass is 10.1. The van der Waals surface area contributed by atoms with Gasteiger partial charge in [0.1, 0.15) is 5.75 Å². The third-order valence-electron chi connectivity index (χ3n) is 4.04. The maximum atomic E-state index is 12.3. The molecule has 0 unspecified atom stereocenters. The van der Waals surface area contributed by atoms with Crippen molar-refractivity contribution < 1.29 is 28.7 Å². The first-order valence-corrected chi connectivity index (χ1v) is 8.52. The number of methoxy groups -OCH3 is 3. The van der Waals surface area contributed by atoms with Crippen LogP contribution in [0.4, 0.5) is 5.69 Å². The maximum absolute atomic E-state index is 12.3. The van der Waals surface area contributed by atoms with E-state index in [1.165, 1.54) is 39.5 Å². The second kappa shape index (κ2) is 8.19. The second-order valence-electron chi connectivity index (χ2n) is 5.71. The summed E-state index contributed by atoms with van der Waals surface area (Å²) >= 11 is 6.08. The van der Waals surface area contributed by atoms with Gasteiger partial charge in [-0.1, -0.05) is 11.6 Å². The number of carbonyl (C=O) groups is 1. The summed E-state index contributed by atoms with van der Waals surface area (Å²) in [4.78, 5) is 26.7. The number of cyclic esters (lactones) is 1. The number of carbonyl (C=O) groups excluding carboxylic acids is 1. The van der Waals surface area contributed by atoms with Crippen molar-refractivity contribution in [3.05, 3.63) is 62.3 Å². The molecule has 29 heavy (non-hydrogen) atoms. The monoisotopic (exact) mass is 418 g/mol. The van der Waals surface area contributed by atoms with E-state index < -0.39 is 10.9 Å². The largest absolute Gasteiger partial charge is 0.496 e. The minimum absolute atomic E-state index is 0.0000562. The number of hydrogen-bond acceptors (Lipinski definition) is 8. The predicted octanol–water partition coefficient (Wildman–Crippen LogP) is 3.62. The lowest BCUT2D eigenvalue weighted by Crippen LogP contribution is -2.06. The Morgan fingerprint density at radius 2 is 1.72 bits per heavy atom. The van der Waals surface area contributed by atoms with Crippen LogP contribution in [0.3, 0.4) is 0 Å². The third kappa shape index (κ3) is 3.99. The minimum Gasteiger partial charge on any atom is -0.496 e. The number of aliphatic imine (C=N–C) groups is 1. The summed E-state index contributed by atoms with van der Waals surface area (Å²) in [5.41, 5.74) is 0.583. The van der Waals surface area contributed by atoms with Gasteiger partial charge < -0.3 is 18.9 Å². The summed E-state index contributed by atoms with van der Waals surface area (Å²) in [5, 5.41) is 10.9. The summed E-state index contributed by atoms with van der Waals surface area (Å²) in [6.07, 6.45) is 1.47. The predicted molar refractivity (Wildman–Crippen MR) is 105 cm³/mol. The first-order valence-electron chi connectivity index (χ1n) is 8.14. The highest BCUT2D eigenvalue weighted by Gasteiger charge is 2.27. The van der Waals surface area contributed by atoms with Crippen molar-refractivity contribution in [2.75, 3.05) is 21.3 Å². The van der Waals surface area contributed by atoms with E-state index in [1.807, 2.05) is 0 Å². The maximum Gasteiger partial charge on any atom is 0.363 e. The molecule has 150 valence electrons. The van der Waals surface area contributed by atoms with Gasteiger partial charge in [-0.15, -0.1) is 0 Å². The van der Waals surface area contributed by atoms with Crippen molar-refractivity contribution in [2.45, 2.75) is 0 Å². The van der Waals surface area contributed by atoms with Crippen LogP contribution in [0.5, 0.6) is 17.2 Å². The molecular weight excluding hydrogens is 404 g/mol. The highest BCUT2D eigenvalue weighted by Crippen LogP contribution is 2.36. The fourth-order valence-corrected chi connectivity index (χ4v) is 2.88. The van der Waals surface area contributed by atoms with Crippen molar-refractivity contribution in [1.29, 1.82) is 0 Å². The molecule has 0 fully saturated rings. The Hall–Kier alpha value is -3.59. The summed E-state index contributed by atoms with van der Waals surface area (Å²) in [5.74, 6) is 0.572. The Labute approximate surface area is 170 Å². The molecule has 0 amide bonds. The van der Waals surface area contributed by atoms with Crippen molar-refractivity contribution in [3.63, 3.8) is 0 Å². The smallest absolute Gasteiger partial charge is 0.363 e. The number of nitro benzene ring substituents is 1. The average molecular weight is 419 g/mol. The van der Waals surface area contributed by atoms with Gasteiger partial charge in [-0.05, 0) is 18.2 Å². The number of halogens is 1. The highest BCUT2D eigenvalue weighted by atomic mass is 35.5. The second-order valence-corrected chi connectivity index (χ2v) is 6.11. The molecule has 0 saturated heterocycles.